The van der Waals surface area contributed by atoms with E-state index in [-0.39, 0.29) is 16.9 Å². The van der Waals surface area contributed by atoms with Gasteiger partial charge in [0.05, 0.1) is 18.4 Å². The van der Waals surface area contributed by atoms with E-state index >= 15 is 0 Å². The summed E-state index contributed by atoms with van der Waals surface area (Å²) in [4.78, 5) is 25.2. The maximum atomic E-state index is 13.9. The molecule has 1 heterocycles. The van der Waals surface area contributed by atoms with Gasteiger partial charge >= 0.3 is 5.91 Å². The summed E-state index contributed by atoms with van der Waals surface area (Å²) in [7, 11) is 1.36. The van der Waals surface area contributed by atoms with Gasteiger partial charge in [0.1, 0.15) is 17.4 Å². The molecule has 0 aliphatic carbocycles. The Hall–Kier alpha value is -3.22. The van der Waals surface area contributed by atoms with Crippen LogP contribution in [0.15, 0.2) is 48.2 Å². The van der Waals surface area contributed by atoms with Crippen molar-refractivity contribution >= 4 is 23.1 Å². The molecule has 1 aliphatic rings. The Balaban J connectivity index is 2.13. The summed E-state index contributed by atoms with van der Waals surface area (Å²) in [5.41, 5.74) is -0.724. The lowest BCUT2D eigenvalue weighted by atomic mass is 10.0. The fraction of sp³-hybridized carbons (Fsp3) is 0.0588. The third kappa shape index (κ3) is 2.30. The monoisotopic (exact) mass is 331 g/mol. The third-order valence-corrected chi connectivity index (χ3v) is 3.58. The van der Waals surface area contributed by atoms with E-state index in [1.54, 1.807) is 18.2 Å². The molecule has 0 saturated carbocycles. The van der Waals surface area contributed by atoms with E-state index in [4.69, 9.17) is 4.74 Å². The van der Waals surface area contributed by atoms with Crippen LogP contribution in [0.3, 0.4) is 0 Å². The van der Waals surface area contributed by atoms with Crippen molar-refractivity contribution in [3.8, 4) is 5.75 Å². The lowest BCUT2D eigenvalue weighted by molar-refractivity contribution is -0.121. The summed E-state index contributed by atoms with van der Waals surface area (Å²) in [6, 6.07) is 8.61. The highest BCUT2D eigenvalue weighted by Crippen LogP contribution is 2.36. The molecule has 2 amide bonds. The molecule has 24 heavy (non-hydrogen) atoms. The van der Waals surface area contributed by atoms with Crippen LogP contribution in [0.1, 0.15) is 5.56 Å². The normalized spacial score (nSPS) is 14.5. The van der Waals surface area contributed by atoms with Gasteiger partial charge in [-0.2, -0.15) is 0 Å². The molecule has 0 fully saturated rings. The zero-order valence-electron chi connectivity index (χ0n) is 12.4. The van der Waals surface area contributed by atoms with E-state index in [1.165, 1.54) is 13.2 Å². The number of aliphatic hydroxyl groups excluding tert-OH is 1. The average molecular weight is 331 g/mol. The Labute approximate surface area is 135 Å². The van der Waals surface area contributed by atoms with E-state index < -0.39 is 34.9 Å². The molecule has 0 saturated heterocycles. The number of ether oxygens (including phenoxy) is 1. The molecule has 1 aliphatic heterocycles. The van der Waals surface area contributed by atoms with Gasteiger partial charge in [0, 0.05) is 11.6 Å². The maximum Gasteiger partial charge on any atom is 0.301 e. The molecule has 5 nitrogen and oxygen atoms in total. The summed E-state index contributed by atoms with van der Waals surface area (Å²) in [6.07, 6.45) is 0. The Morgan fingerprint density at radius 3 is 2.46 bits per heavy atom. The number of anilines is 1. The second-order valence-corrected chi connectivity index (χ2v) is 4.97. The Morgan fingerprint density at radius 1 is 1.04 bits per heavy atom. The Bertz CT molecular complexity index is 892. The fourth-order valence-corrected chi connectivity index (χ4v) is 2.49. The smallest absolute Gasteiger partial charge is 0.301 e. The molecule has 122 valence electrons. The lowest BCUT2D eigenvalue weighted by Crippen LogP contribution is -2.32. The minimum absolute atomic E-state index is 0.176. The van der Waals surface area contributed by atoms with Gasteiger partial charge in [-0.05, 0) is 18.2 Å². The van der Waals surface area contributed by atoms with Gasteiger partial charge in [0.2, 0.25) is 0 Å². The van der Waals surface area contributed by atoms with Crippen molar-refractivity contribution in [1.29, 1.82) is 0 Å². The topological polar surface area (TPSA) is 66.8 Å². The van der Waals surface area contributed by atoms with Gasteiger partial charge in [-0.25, -0.2) is 13.7 Å². The second-order valence-electron chi connectivity index (χ2n) is 4.97. The highest BCUT2D eigenvalue weighted by molar-refractivity contribution is 6.45. The number of para-hydroxylation sites is 1. The van der Waals surface area contributed by atoms with Crippen LogP contribution in [0, 0.1) is 11.6 Å². The quantitative estimate of drug-likeness (QED) is 0.878. The predicted octanol–water partition coefficient (Wildman–Crippen LogP) is 2.82. The van der Waals surface area contributed by atoms with Crippen LogP contribution in [0.4, 0.5) is 14.5 Å². The van der Waals surface area contributed by atoms with Crippen molar-refractivity contribution in [2.75, 3.05) is 12.0 Å². The van der Waals surface area contributed by atoms with E-state index in [9.17, 15) is 23.5 Å². The van der Waals surface area contributed by atoms with Crippen molar-refractivity contribution < 1.29 is 28.2 Å². The summed E-state index contributed by atoms with van der Waals surface area (Å²) in [5.74, 6) is -4.49. The number of benzene rings is 2. The Morgan fingerprint density at radius 2 is 1.75 bits per heavy atom. The van der Waals surface area contributed by atoms with Crippen LogP contribution >= 0.6 is 0 Å². The van der Waals surface area contributed by atoms with Crippen LogP contribution in [-0.2, 0) is 9.59 Å². The molecule has 3 rings (SSSR count). The number of imide groups is 1. The lowest BCUT2D eigenvalue weighted by Gasteiger charge is -2.15. The molecule has 2 aromatic rings. The number of aliphatic hydroxyl groups is 1. The van der Waals surface area contributed by atoms with Crippen LogP contribution in [-0.4, -0.2) is 24.0 Å². The minimum Gasteiger partial charge on any atom is -0.502 e. The van der Waals surface area contributed by atoms with Crippen molar-refractivity contribution in [2.45, 2.75) is 0 Å². The summed E-state index contributed by atoms with van der Waals surface area (Å²) >= 11 is 0. The van der Waals surface area contributed by atoms with Crippen molar-refractivity contribution in [3.63, 3.8) is 0 Å². The third-order valence-electron chi connectivity index (χ3n) is 3.58. The molecule has 2 aromatic carbocycles. The Kier molecular flexibility index (Phi) is 3.76. The number of amides is 2. The number of carbonyl (C=O) groups is 2. The van der Waals surface area contributed by atoms with Crippen molar-refractivity contribution in [2.24, 2.45) is 0 Å². The van der Waals surface area contributed by atoms with Gasteiger partial charge in [-0.3, -0.25) is 9.59 Å². The van der Waals surface area contributed by atoms with Crippen molar-refractivity contribution in [3.05, 3.63) is 65.4 Å². The molecule has 0 radical (unpaired) electrons. The standard InChI is InChI=1S/C17H11F2NO4/c1-24-13-5-3-2-4-10(13)14-15(21)17(23)20(16(14)22)12-8-9(18)6-7-11(12)19/h2-8,21H,1H3. The highest BCUT2D eigenvalue weighted by atomic mass is 19.1. The zero-order chi connectivity index (χ0) is 17.4. The number of nitrogens with zero attached hydrogens (tertiary/aromatic N) is 1. The van der Waals surface area contributed by atoms with Gasteiger partial charge in [0.15, 0.2) is 5.76 Å². The fourth-order valence-electron chi connectivity index (χ4n) is 2.49. The van der Waals surface area contributed by atoms with Gasteiger partial charge in [0.25, 0.3) is 5.91 Å². The molecule has 0 unspecified atom stereocenters. The zero-order valence-corrected chi connectivity index (χ0v) is 12.4. The first-order valence-corrected chi connectivity index (χ1v) is 6.86. The SMILES string of the molecule is COc1ccccc1C1=C(O)C(=O)N(c2cc(F)ccc2F)C1=O. The van der Waals surface area contributed by atoms with Crippen LogP contribution in [0.25, 0.3) is 5.57 Å². The van der Waals surface area contributed by atoms with Crippen LogP contribution in [0.2, 0.25) is 0 Å². The molecule has 0 atom stereocenters. The number of halogens is 2. The molecular formula is C17H11F2NO4. The van der Waals surface area contributed by atoms with Gasteiger partial charge in [-0.1, -0.05) is 18.2 Å². The largest absolute Gasteiger partial charge is 0.502 e. The van der Waals surface area contributed by atoms with Gasteiger partial charge < -0.3 is 9.84 Å². The number of carbonyl (C=O) groups excluding carboxylic acids is 2. The van der Waals surface area contributed by atoms with Crippen LogP contribution < -0.4 is 9.64 Å². The van der Waals surface area contributed by atoms with E-state index in [0.29, 0.717) is 11.0 Å². The first-order chi connectivity index (χ1) is 11.5. The van der Waals surface area contributed by atoms with Gasteiger partial charge in [-0.15, -0.1) is 0 Å². The minimum atomic E-state index is -1.13. The number of hydrogen-bond acceptors (Lipinski definition) is 4. The average Bonchev–Trinajstić information content (AvgIpc) is 2.79. The van der Waals surface area contributed by atoms with E-state index in [0.717, 1.165) is 12.1 Å². The highest BCUT2D eigenvalue weighted by Gasteiger charge is 2.42. The summed E-state index contributed by atoms with van der Waals surface area (Å²) in [6.45, 7) is 0. The maximum absolute atomic E-state index is 13.9. The molecule has 7 heteroatoms. The molecule has 1 N–H and O–H groups in total. The second kappa shape index (κ2) is 5.77. The van der Waals surface area contributed by atoms with E-state index in [2.05, 4.69) is 0 Å². The predicted molar refractivity (Wildman–Crippen MR) is 81.4 cm³/mol. The van der Waals surface area contributed by atoms with E-state index in [1.807, 2.05) is 0 Å². The number of methoxy groups -OCH3 is 1. The first kappa shape index (κ1) is 15.7. The van der Waals surface area contributed by atoms with Crippen LogP contribution in [0.5, 0.6) is 5.75 Å². The molecular weight excluding hydrogens is 320 g/mol. The molecule has 0 aromatic heterocycles. The number of rotatable bonds is 3. The summed E-state index contributed by atoms with van der Waals surface area (Å²) in [5, 5.41) is 10.1. The number of hydrogen-bond donors (Lipinski definition) is 1. The molecule has 0 spiro atoms. The summed E-state index contributed by atoms with van der Waals surface area (Å²) < 4.78 is 32.4. The van der Waals surface area contributed by atoms with Crippen molar-refractivity contribution in [1.82, 2.24) is 0 Å². The first-order valence-electron chi connectivity index (χ1n) is 6.86. The molecule has 0 bridgehead atoms.